The molecule has 1 aromatic heterocycles. The Kier molecular flexibility index (Phi) is 4.65. The molecule has 0 spiro atoms. The third-order valence-electron chi connectivity index (χ3n) is 4.29. The summed E-state index contributed by atoms with van der Waals surface area (Å²) >= 11 is 0. The largest absolute Gasteiger partial charge is 0.497 e. The first-order valence-electron chi connectivity index (χ1n) is 7.88. The van der Waals surface area contributed by atoms with Crippen LogP contribution in [0.25, 0.3) is 0 Å². The molecule has 0 saturated carbocycles. The smallest absolute Gasteiger partial charge is 0.433 e. The number of ether oxygens (including phenoxy) is 1. The molecule has 1 amide bonds. The van der Waals surface area contributed by atoms with Crippen LogP contribution in [0.5, 0.6) is 5.75 Å². The summed E-state index contributed by atoms with van der Waals surface area (Å²) in [7, 11) is 1.57. The summed E-state index contributed by atoms with van der Waals surface area (Å²) in [5.74, 6) is 0.388. The molecule has 25 heavy (non-hydrogen) atoms. The Morgan fingerprint density at radius 1 is 1.28 bits per heavy atom. The molecule has 7 heteroatoms. The Hall–Kier alpha value is -2.57. The molecule has 0 bridgehead atoms. The van der Waals surface area contributed by atoms with Crippen molar-refractivity contribution in [2.45, 2.75) is 25.1 Å². The first-order valence-corrected chi connectivity index (χ1v) is 7.88. The fourth-order valence-corrected chi connectivity index (χ4v) is 3.06. The normalized spacial score (nSPS) is 17.6. The SMILES string of the molecule is COc1cccc(C2CCCN2C(=O)c2ccc(C(F)(F)F)nc2)c1. The van der Waals surface area contributed by atoms with Gasteiger partial charge in [0.05, 0.1) is 18.7 Å². The zero-order valence-electron chi connectivity index (χ0n) is 13.6. The van der Waals surface area contributed by atoms with Crippen LogP contribution in [0.1, 0.15) is 40.5 Å². The number of carbonyl (C=O) groups is 1. The summed E-state index contributed by atoms with van der Waals surface area (Å²) in [6.07, 6.45) is -1.89. The molecule has 1 aromatic carbocycles. The minimum absolute atomic E-state index is 0.120. The molecule has 1 fully saturated rings. The highest BCUT2D eigenvalue weighted by atomic mass is 19.4. The quantitative estimate of drug-likeness (QED) is 0.837. The summed E-state index contributed by atoms with van der Waals surface area (Å²) in [6.45, 7) is 0.557. The summed E-state index contributed by atoms with van der Waals surface area (Å²) < 4.78 is 43.0. The second-order valence-electron chi connectivity index (χ2n) is 5.86. The van der Waals surface area contributed by atoms with Gasteiger partial charge in [0.15, 0.2) is 0 Å². The standard InChI is InChI=1S/C18H17F3N2O2/c1-25-14-5-2-4-12(10-14)15-6-3-9-23(15)17(24)13-7-8-16(22-11-13)18(19,20)21/h2,4-5,7-8,10-11,15H,3,6,9H2,1H3. The lowest BCUT2D eigenvalue weighted by atomic mass is 10.0. The van der Waals surface area contributed by atoms with Gasteiger partial charge >= 0.3 is 6.18 Å². The molecule has 0 radical (unpaired) electrons. The predicted molar refractivity (Wildman–Crippen MR) is 85.2 cm³/mol. The molecule has 1 unspecified atom stereocenters. The van der Waals surface area contributed by atoms with Gasteiger partial charge in [0, 0.05) is 12.7 Å². The maximum atomic E-state index is 12.7. The first-order chi connectivity index (χ1) is 11.9. The van der Waals surface area contributed by atoms with E-state index in [0.29, 0.717) is 12.3 Å². The highest BCUT2D eigenvalue weighted by molar-refractivity contribution is 5.94. The third kappa shape index (κ3) is 3.60. The monoisotopic (exact) mass is 350 g/mol. The van der Waals surface area contributed by atoms with E-state index in [-0.39, 0.29) is 17.5 Å². The van der Waals surface area contributed by atoms with Crippen LogP contribution in [0.4, 0.5) is 13.2 Å². The lowest BCUT2D eigenvalue weighted by molar-refractivity contribution is -0.141. The molecular weight excluding hydrogens is 333 g/mol. The molecule has 0 aliphatic carbocycles. The zero-order valence-corrected chi connectivity index (χ0v) is 13.6. The van der Waals surface area contributed by atoms with E-state index in [1.165, 1.54) is 6.07 Å². The minimum Gasteiger partial charge on any atom is -0.497 e. The summed E-state index contributed by atoms with van der Waals surface area (Å²) in [4.78, 5) is 17.8. The molecule has 1 aliphatic heterocycles. The average Bonchev–Trinajstić information content (AvgIpc) is 3.10. The number of carbonyl (C=O) groups excluding carboxylic acids is 1. The van der Waals surface area contributed by atoms with E-state index in [4.69, 9.17) is 4.74 Å². The second kappa shape index (κ2) is 6.74. The van der Waals surface area contributed by atoms with E-state index in [1.807, 2.05) is 24.3 Å². The molecule has 2 aromatic rings. The number of benzene rings is 1. The number of amides is 1. The van der Waals surface area contributed by atoms with Crippen LogP contribution in [0.15, 0.2) is 42.6 Å². The molecular formula is C18H17F3N2O2. The minimum atomic E-state index is -4.52. The Balaban J connectivity index is 1.83. The van der Waals surface area contributed by atoms with Crippen molar-refractivity contribution in [2.24, 2.45) is 0 Å². The summed E-state index contributed by atoms with van der Waals surface area (Å²) in [5.41, 5.74) is 0.0997. The van der Waals surface area contributed by atoms with Crippen molar-refractivity contribution in [1.82, 2.24) is 9.88 Å². The van der Waals surface area contributed by atoms with E-state index >= 15 is 0 Å². The fourth-order valence-electron chi connectivity index (χ4n) is 3.06. The number of likely N-dealkylation sites (tertiary alicyclic amines) is 1. The van der Waals surface area contributed by atoms with Gasteiger partial charge in [-0.2, -0.15) is 13.2 Å². The maximum absolute atomic E-state index is 12.7. The number of nitrogens with zero attached hydrogens (tertiary/aromatic N) is 2. The lowest BCUT2D eigenvalue weighted by Crippen LogP contribution is -2.30. The lowest BCUT2D eigenvalue weighted by Gasteiger charge is -2.25. The highest BCUT2D eigenvalue weighted by Crippen LogP contribution is 2.34. The van der Waals surface area contributed by atoms with Gasteiger partial charge in [-0.1, -0.05) is 12.1 Å². The van der Waals surface area contributed by atoms with E-state index in [2.05, 4.69) is 4.98 Å². The van der Waals surface area contributed by atoms with Crippen LogP contribution < -0.4 is 4.74 Å². The van der Waals surface area contributed by atoms with Crippen molar-refractivity contribution in [3.8, 4) is 5.75 Å². The Bertz CT molecular complexity index is 760. The van der Waals surface area contributed by atoms with Crippen LogP contribution in [-0.2, 0) is 6.18 Å². The topological polar surface area (TPSA) is 42.4 Å². The predicted octanol–water partition coefficient (Wildman–Crippen LogP) is 4.09. The van der Waals surface area contributed by atoms with E-state index in [9.17, 15) is 18.0 Å². The molecule has 132 valence electrons. The Labute approximate surface area is 143 Å². The molecule has 3 rings (SSSR count). The number of hydrogen-bond acceptors (Lipinski definition) is 3. The number of pyridine rings is 1. The number of alkyl halides is 3. The van der Waals surface area contributed by atoms with Gasteiger partial charge in [-0.3, -0.25) is 9.78 Å². The van der Waals surface area contributed by atoms with Gasteiger partial charge in [-0.15, -0.1) is 0 Å². The first kappa shape index (κ1) is 17.3. The van der Waals surface area contributed by atoms with Crippen molar-refractivity contribution in [1.29, 1.82) is 0 Å². The molecule has 2 heterocycles. The summed E-state index contributed by atoms with van der Waals surface area (Å²) in [6, 6.07) is 9.37. The number of aromatic nitrogens is 1. The van der Waals surface area contributed by atoms with Crippen LogP contribution >= 0.6 is 0 Å². The van der Waals surface area contributed by atoms with Crippen molar-refractivity contribution in [2.75, 3.05) is 13.7 Å². The second-order valence-corrected chi connectivity index (χ2v) is 5.86. The Morgan fingerprint density at radius 2 is 2.08 bits per heavy atom. The van der Waals surface area contributed by atoms with Gasteiger partial charge in [0.25, 0.3) is 5.91 Å². The van der Waals surface area contributed by atoms with Crippen molar-refractivity contribution in [3.05, 3.63) is 59.4 Å². The summed E-state index contributed by atoms with van der Waals surface area (Å²) in [5, 5.41) is 0. The fraction of sp³-hybridized carbons (Fsp3) is 0.333. The van der Waals surface area contributed by atoms with Gasteiger partial charge < -0.3 is 9.64 Å². The molecule has 1 atom stereocenters. The molecule has 1 saturated heterocycles. The van der Waals surface area contributed by atoms with Crippen LogP contribution in [0, 0.1) is 0 Å². The Morgan fingerprint density at radius 3 is 2.72 bits per heavy atom. The van der Waals surface area contributed by atoms with Crippen LogP contribution in [-0.4, -0.2) is 29.4 Å². The number of hydrogen-bond donors (Lipinski definition) is 0. The molecule has 1 aliphatic rings. The molecule has 0 N–H and O–H groups in total. The third-order valence-corrected chi connectivity index (χ3v) is 4.29. The zero-order chi connectivity index (χ0) is 18.0. The van der Waals surface area contributed by atoms with Gasteiger partial charge in [-0.25, -0.2) is 0 Å². The number of halogens is 3. The van der Waals surface area contributed by atoms with Gasteiger partial charge in [0.2, 0.25) is 0 Å². The van der Waals surface area contributed by atoms with Crippen molar-refractivity contribution in [3.63, 3.8) is 0 Å². The van der Waals surface area contributed by atoms with Crippen molar-refractivity contribution >= 4 is 5.91 Å². The van der Waals surface area contributed by atoms with E-state index < -0.39 is 11.9 Å². The number of methoxy groups -OCH3 is 1. The number of rotatable bonds is 3. The molecule has 4 nitrogen and oxygen atoms in total. The average molecular weight is 350 g/mol. The van der Waals surface area contributed by atoms with Gasteiger partial charge in [0.1, 0.15) is 11.4 Å². The van der Waals surface area contributed by atoms with E-state index in [1.54, 1.807) is 12.0 Å². The van der Waals surface area contributed by atoms with Crippen molar-refractivity contribution < 1.29 is 22.7 Å². The van der Waals surface area contributed by atoms with E-state index in [0.717, 1.165) is 30.7 Å². The van der Waals surface area contributed by atoms with Crippen LogP contribution in [0.3, 0.4) is 0 Å². The van der Waals surface area contributed by atoms with Gasteiger partial charge in [-0.05, 0) is 42.7 Å². The highest BCUT2D eigenvalue weighted by Gasteiger charge is 2.34. The van der Waals surface area contributed by atoms with Crippen LogP contribution in [0.2, 0.25) is 0 Å². The maximum Gasteiger partial charge on any atom is 0.433 e.